The maximum Gasteiger partial charge on any atom is 0.150 e. The van der Waals surface area contributed by atoms with Gasteiger partial charge in [0.2, 0.25) is 0 Å². The Hall–Kier alpha value is -0.370. The fourth-order valence-corrected chi connectivity index (χ4v) is 2.87. The van der Waals surface area contributed by atoms with Gasteiger partial charge in [0.05, 0.1) is 6.04 Å². The van der Waals surface area contributed by atoms with Gasteiger partial charge in [0.15, 0.2) is 0 Å². The summed E-state index contributed by atoms with van der Waals surface area (Å²) >= 11 is 0. The largest absolute Gasteiger partial charge is 0.298 e. The number of hydrogen-bond acceptors (Lipinski definition) is 2. The van der Waals surface area contributed by atoms with Crippen molar-refractivity contribution in [1.29, 1.82) is 0 Å². The zero-order chi connectivity index (χ0) is 8.72. The number of hydrogen-bond donors (Lipinski definition) is 0. The van der Waals surface area contributed by atoms with Crippen LogP contribution >= 0.6 is 0 Å². The van der Waals surface area contributed by atoms with Gasteiger partial charge in [-0.25, -0.2) is 0 Å². The third-order valence-corrected chi connectivity index (χ3v) is 3.56. The van der Waals surface area contributed by atoms with Crippen LogP contribution in [0, 0.1) is 5.92 Å². The van der Waals surface area contributed by atoms with E-state index >= 15 is 0 Å². The number of carbonyl (C=O) groups excluding carboxylic acids is 1. The summed E-state index contributed by atoms with van der Waals surface area (Å²) in [6, 6.07) is 0.961. The Morgan fingerprint density at radius 3 is 3.00 bits per heavy atom. The van der Waals surface area contributed by atoms with Crippen molar-refractivity contribution in [2.75, 3.05) is 6.54 Å². The summed E-state index contributed by atoms with van der Waals surface area (Å²) in [5.74, 6) is 1.18. The number of rotatable bonds is 1. The van der Waals surface area contributed by atoms with E-state index in [0.29, 0.717) is 23.8 Å². The van der Waals surface area contributed by atoms with Gasteiger partial charge in [-0.1, -0.05) is 6.92 Å². The molecule has 0 spiro atoms. The quantitative estimate of drug-likeness (QED) is 0.589. The minimum absolute atomic E-state index is 0.304. The monoisotopic (exact) mass is 167 g/mol. The van der Waals surface area contributed by atoms with Crippen LogP contribution in [0.2, 0.25) is 0 Å². The Morgan fingerprint density at radius 1 is 1.58 bits per heavy atom. The van der Waals surface area contributed by atoms with E-state index in [1.807, 2.05) is 0 Å². The molecule has 1 aliphatic carbocycles. The van der Waals surface area contributed by atoms with Gasteiger partial charge in [-0.15, -0.1) is 0 Å². The lowest BCUT2D eigenvalue weighted by Crippen LogP contribution is -2.66. The summed E-state index contributed by atoms with van der Waals surface area (Å²) in [7, 11) is 0. The average molecular weight is 167 g/mol. The minimum atomic E-state index is 0.304. The number of Topliss-reactive ketones (excluding diaryl/α,β-unsaturated/α-hetero) is 1. The van der Waals surface area contributed by atoms with Gasteiger partial charge >= 0.3 is 0 Å². The topological polar surface area (TPSA) is 20.3 Å². The van der Waals surface area contributed by atoms with Gasteiger partial charge < -0.3 is 0 Å². The molecule has 1 heterocycles. The summed E-state index contributed by atoms with van der Waals surface area (Å²) in [4.78, 5) is 13.9. The third kappa shape index (κ3) is 0.939. The SMILES string of the molecule is CCN1[C@H](C)[C@@H]2CCCC(=O)[C@@H]21. The molecule has 2 aliphatic rings. The molecule has 2 rings (SSSR count). The van der Waals surface area contributed by atoms with E-state index in [0.717, 1.165) is 19.4 Å². The van der Waals surface area contributed by atoms with Gasteiger partial charge in [0, 0.05) is 12.5 Å². The highest BCUT2D eigenvalue weighted by molar-refractivity contribution is 5.86. The van der Waals surface area contributed by atoms with Crippen LogP contribution in [0.5, 0.6) is 0 Å². The van der Waals surface area contributed by atoms with Crippen molar-refractivity contribution in [2.24, 2.45) is 5.92 Å². The molecule has 0 aromatic carbocycles. The molecule has 1 saturated heterocycles. The Kier molecular flexibility index (Phi) is 1.95. The van der Waals surface area contributed by atoms with E-state index in [-0.39, 0.29) is 0 Å². The van der Waals surface area contributed by atoms with E-state index in [2.05, 4.69) is 18.7 Å². The van der Waals surface area contributed by atoms with Crippen molar-refractivity contribution in [3.05, 3.63) is 0 Å². The summed E-state index contributed by atoms with van der Waals surface area (Å²) in [6.07, 6.45) is 3.22. The molecule has 1 aliphatic heterocycles. The molecule has 68 valence electrons. The van der Waals surface area contributed by atoms with Crippen LogP contribution < -0.4 is 0 Å². The maximum atomic E-state index is 11.5. The molecular weight excluding hydrogens is 150 g/mol. The number of likely N-dealkylation sites (tertiary alicyclic amines) is 1. The zero-order valence-electron chi connectivity index (χ0n) is 7.92. The number of likely N-dealkylation sites (N-methyl/N-ethyl adjacent to an activating group) is 1. The van der Waals surface area contributed by atoms with Crippen LogP contribution in [0.15, 0.2) is 0 Å². The molecule has 0 amide bonds. The van der Waals surface area contributed by atoms with Crippen LogP contribution in [0.4, 0.5) is 0 Å². The number of carbonyl (C=O) groups is 1. The predicted octanol–water partition coefficient (Wildman–Crippen LogP) is 1.45. The second-order valence-corrected chi connectivity index (χ2v) is 4.04. The van der Waals surface area contributed by atoms with Crippen LogP contribution in [-0.2, 0) is 4.79 Å². The fraction of sp³-hybridized carbons (Fsp3) is 0.900. The Bertz CT molecular complexity index is 196. The Labute approximate surface area is 73.9 Å². The first-order valence-corrected chi connectivity index (χ1v) is 5.04. The lowest BCUT2D eigenvalue weighted by molar-refractivity contribution is -0.144. The summed E-state index contributed by atoms with van der Waals surface area (Å²) < 4.78 is 0. The van der Waals surface area contributed by atoms with Crippen molar-refractivity contribution in [3.8, 4) is 0 Å². The number of ketones is 1. The average Bonchev–Trinajstić information content (AvgIpc) is 2.07. The van der Waals surface area contributed by atoms with E-state index in [1.54, 1.807) is 0 Å². The van der Waals surface area contributed by atoms with E-state index < -0.39 is 0 Å². The van der Waals surface area contributed by atoms with Crippen LogP contribution in [0.1, 0.15) is 33.1 Å². The van der Waals surface area contributed by atoms with Crippen LogP contribution in [0.3, 0.4) is 0 Å². The molecule has 2 heteroatoms. The molecule has 0 N–H and O–H groups in total. The molecule has 0 bridgehead atoms. The van der Waals surface area contributed by atoms with E-state index in [4.69, 9.17) is 0 Å². The molecule has 12 heavy (non-hydrogen) atoms. The lowest BCUT2D eigenvalue weighted by atomic mass is 9.71. The van der Waals surface area contributed by atoms with Gasteiger partial charge in [-0.05, 0) is 32.2 Å². The molecule has 1 saturated carbocycles. The van der Waals surface area contributed by atoms with Crippen molar-refractivity contribution >= 4 is 5.78 Å². The van der Waals surface area contributed by atoms with E-state index in [1.165, 1.54) is 6.42 Å². The first kappa shape index (κ1) is 8.24. The molecule has 0 aromatic heterocycles. The number of fused-ring (bicyclic) bond motifs is 1. The van der Waals surface area contributed by atoms with Crippen molar-refractivity contribution in [2.45, 2.75) is 45.2 Å². The van der Waals surface area contributed by atoms with Crippen molar-refractivity contribution in [3.63, 3.8) is 0 Å². The first-order chi connectivity index (χ1) is 5.75. The highest BCUT2D eigenvalue weighted by atomic mass is 16.1. The molecule has 2 fully saturated rings. The molecule has 0 unspecified atom stereocenters. The van der Waals surface area contributed by atoms with Gasteiger partial charge in [0.1, 0.15) is 5.78 Å². The summed E-state index contributed by atoms with van der Waals surface area (Å²) in [6.45, 7) is 5.44. The fourth-order valence-electron chi connectivity index (χ4n) is 2.87. The second-order valence-electron chi connectivity index (χ2n) is 4.04. The molecule has 0 radical (unpaired) electrons. The summed E-state index contributed by atoms with van der Waals surface area (Å²) in [5, 5.41) is 0. The van der Waals surface area contributed by atoms with Gasteiger partial charge in [-0.2, -0.15) is 0 Å². The number of nitrogens with zero attached hydrogens (tertiary/aromatic N) is 1. The molecule has 2 nitrogen and oxygen atoms in total. The zero-order valence-corrected chi connectivity index (χ0v) is 7.92. The smallest absolute Gasteiger partial charge is 0.150 e. The highest BCUT2D eigenvalue weighted by Crippen LogP contribution is 2.40. The minimum Gasteiger partial charge on any atom is -0.298 e. The van der Waals surface area contributed by atoms with Crippen molar-refractivity contribution < 1.29 is 4.79 Å². The standard InChI is InChI=1S/C10H17NO/c1-3-11-7(2)8-5-4-6-9(12)10(8)11/h7-8,10H,3-6H2,1-2H3/t7-,8+,10-/m1/s1. The van der Waals surface area contributed by atoms with Crippen LogP contribution in [0.25, 0.3) is 0 Å². The molecular formula is C10H17NO. The molecule has 3 atom stereocenters. The predicted molar refractivity (Wildman–Crippen MR) is 48.0 cm³/mol. The summed E-state index contributed by atoms with van der Waals surface area (Å²) in [5.41, 5.74) is 0. The first-order valence-electron chi connectivity index (χ1n) is 5.04. The second kappa shape index (κ2) is 2.84. The van der Waals surface area contributed by atoms with E-state index in [9.17, 15) is 4.79 Å². The third-order valence-electron chi connectivity index (χ3n) is 3.56. The normalized spacial score (nSPS) is 42.2. The Balaban J connectivity index is 2.09. The highest BCUT2D eigenvalue weighted by Gasteiger charge is 2.49. The lowest BCUT2D eigenvalue weighted by Gasteiger charge is -2.55. The maximum absolute atomic E-state index is 11.5. The van der Waals surface area contributed by atoms with Gasteiger partial charge in [-0.3, -0.25) is 9.69 Å². The Morgan fingerprint density at radius 2 is 2.33 bits per heavy atom. The van der Waals surface area contributed by atoms with Gasteiger partial charge in [0.25, 0.3) is 0 Å². The van der Waals surface area contributed by atoms with Crippen LogP contribution in [-0.4, -0.2) is 29.3 Å². The van der Waals surface area contributed by atoms with Crippen molar-refractivity contribution in [1.82, 2.24) is 4.90 Å². The molecule has 0 aromatic rings.